The average Bonchev–Trinajstić information content (AvgIpc) is 2.52. The van der Waals surface area contributed by atoms with E-state index >= 15 is 0 Å². The molecule has 0 aliphatic rings. The molecule has 0 radical (unpaired) electrons. The Kier molecular flexibility index (Phi) is 5.20. The lowest BCUT2D eigenvalue weighted by Crippen LogP contribution is -2.49. The van der Waals surface area contributed by atoms with E-state index in [4.69, 9.17) is 5.73 Å². The van der Waals surface area contributed by atoms with E-state index < -0.39 is 23.5 Å². The molecule has 0 aromatic heterocycles. The van der Waals surface area contributed by atoms with Crippen LogP contribution in [0.15, 0.2) is 48.5 Å². The zero-order valence-electron chi connectivity index (χ0n) is 11.8. The van der Waals surface area contributed by atoms with Crippen molar-refractivity contribution in [2.75, 3.05) is 13.1 Å². The van der Waals surface area contributed by atoms with Crippen LogP contribution in [0.4, 0.5) is 8.78 Å². The topological polar surface area (TPSA) is 78.5 Å². The summed E-state index contributed by atoms with van der Waals surface area (Å²) in [5.41, 5.74) is 4.18. The Morgan fingerprint density at radius 2 is 1.86 bits per heavy atom. The molecule has 2 rings (SSSR count). The van der Waals surface area contributed by atoms with Gasteiger partial charge in [0.2, 0.25) is 0 Å². The maximum Gasteiger partial charge on any atom is 0.154 e. The first-order valence-corrected chi connectivity index (χ1v) is 6.82. The molecule has 0 spiro atoms. The lowest BCUT2D eigenvalue weighted by molar-refractivity contribution is -0.00348. The van der Waals surface area contributed by atoms with Crippen LogP contribution in [-0.4, -0.2) is 23.3 Å². The van der Waals surface area contributed by atoms with Crippen LogP contribution in [0.2, 0.25) is 0 Å². The smallest absolute Gasteiger partial charge is 0.154 e. The van der Waals surface area contributed by atoms with Gasteiger partial charge in [0.05, 0.1) is 6.10 Å². The molecular formula is C16H18F2N2O2. The summed E-state index contributed by atoms with van der Waals surface area (Å²) in [6, 6.07) is 11.2. The lowest BCUT2D eigenvalue weighted by atomic mass is 10.0. The van der Waals surface area contributed by atoms with Crippen LogP contribution < -0.4 is 11.1 Å². The summed E-state index contributed by atoms with van der Waals surface area (Å²) < 4.78 is 26.9. The first-order valence-electron chi connectivity index (χ1n) is 6.82. The highest BCUT2D eigenvalue weighted by molar-refractivity contribution is 5.24. The van der Waals surface area contributed by atoms with E-state index in [-0.39, 0.29) is 24.2 Å². The van der Waals surface area contributed by atoms with Crippen LogP contribution in [0.25, 0.3) is 0 Å². The van der Waals surface area contributed by atoms with Gasteiger partial charge in [-0.25, -0.2) is 8.78 Å². The van der Waals surface area contributed by atoms with Gasteiger partial charge >= 0.3 is 0 Å². The van der Waals surface area contributed by atoms with Gasteiger partial charge in [0.25, 0.3) is 0 Å². The van der Waals surface area contributed by atoms with Crippen LogP contribution in [0, 0.1) is 11.6 Å². The quantitative estimate of drug-likeness (QED) is 0.608. The molecule has 5 N–H and O–H groups in total. The molecule has 0 fully saturated rings. The summed E-state index contributed by atoms with van der Waals surface area (Å²) in [6.45, 7) is -0.383. The Hall–Kier alpha value is -1.86. The van der Waals surface area contributed by atoms with E-state index in [0.29, 0.717) is 0 Å². The molecular weight excluding hydrogens is 290 g/mol. The van der Waals surface area contributed by atoms with Crippen molar-refractivity contribution in [3.8, 4) is 0 Å². The first kappa shape index (κ1) is 16.5. The molecule has 22 heavy (non-hydrogen) atoms. The summed E-state index contributed by atoms with van der Waals surface area (Å²) in [6.07, 6.45) is -1.17. The van der Waals surface area contributed by atoms with E-state index in [2.05, 4.69) is 5.32 Å². The maximum absolute atomic E-state index is 13.6. The van der Waals surface area contributed by atoms with Crippen LogP contribution in [0.1, 0.15) is 17.2 Å². The van der Waals surface area contributed by atoms with Crippen molar-refractivity contribution in [2.45, 2.75) is 11.8 Å². The van der Waals surface area contributed by atoms with Crippen LogP contribution in [-0.2, 0) is 5.72 Å². The number of rotatable bonds is 6. The van der Waals surface area contributed by atoms with Crippen molar-refractivity contribution in [3.63, 3.8) is 0 Å². The summed E-state index contributed by atoms with van der Waals surface area (Å²) in [4.78, 5) is 0. The predicted molar refractivity (Wildman–Crippen MR) is 78.7 cm³/mol. The number of halogens is 2. The summed E-state index contributed by atoms with van der Waals surface area (Å²) in [5.74, 6) is -1.06. The fourth-order valence-corrected chi connectivity index (χ4v) is 2.16. The van der Waals surface area contributed by atoms with Crippen LogP contribution in [0.3, 0.4) is 0 Å². The van der Waals surface area contributed by atoms with E-state index in [1.807, 2.05) is 0 Å². The van der Waals surface area contributed by atoms with Gasteiger partial charge in [-0.2, -0.15) is 0 Å². The largest absolute Gasteiger partial charge is 0.387 e. The standard InChI is InChI=1S/C16H18F2N2O2/c17-12-5-3-4-11(8-12)16(22,10-19)20-9-15(21)13-6-1-2-7-14(13)18/h1-8,15,20-22H,9-10,19H2. The number of hydrogen-bond acceptors (Lipinski definition) is 4. The molecule has 118 valence electrons. The van der Waals surface area contributed by atoms with Gasteiger partial charge in [0.15, 0.2) is 5.72 Å². The van der Waals surface area contributed by atoms with Crippen molar-refractivity contribution in [2.24, 2.45) is 5.73 Å². The molecule has 4 nitrogen and oxygen atoms in total. The second-order valence-electron chi connectivity index (χ2n) is 4.99. The van der Waals surface area contributed by atoms with E-state index in [9.17, 15) is 19.0 Å². The van der Waals surface area contributed by atoms with Gasteiger partial charge in [-0.05, 0) is 18.2 Å². The molecule has 0 amide bonds. The highest BCUT2D eigenvalue weighted by atomic mass is 19.1. The minimum atomic E-state index is -1.71. The Bertz CT molecular complexity index is 639. The molecule has 0 aliphatic heterocycles. The van der Waals surface area contributed by atoms with Crippen molar-refractivity contribution >= 4 is 0 Å². The van der Waals surface area contributed by atoms with E-state index in [1.165, 1.54) is 36.4 Å². The zero-order valence-corrected chi connectivity index (χ0v) is 11.8. The molecule has 0 saturated heterocycles. The number of benzene rings is 2. The van der Waals surface area contributed by atoms with Gasteiger partial charge < -0.3 is 15.9 Å². The normalized spacial score (nSPS) is 15.3. The third kappa shape index (κ3) is 3.66. The average molecular weight is 308 g/mol. The molecule has 0 saturated carbocycles. The highest BCUT2D eigenvalue weighted by Gasteiger charge is 2.28. The van der Waals surface area contributed by atoms with Gasteiger partial charge in [-0.1, -0.05) is 30.3 Å². The Morgan fingerprint density at radius 3 is 2.50 bits per heavy atom. The predicted octanol–water partition coefficient (Wildman–Crippen LogP) is 1.39. The summed E-state index contributed by atoms with van der Waals surface area (Å²) in [5, 5.41) is 23.2. The van der Waals surface area contributed by atoms with Gasteiger partial charge in [-0.15, -0.1) is 0 Å². The fourth-order valence-electron chi connectivity index (χ4n) is 2.16. The summed E-state index contributed by atoms with van der Waals surface area (Å²) in [7, 11) is 0. The molecule has 6 heteroatoms. The van der Waals surface area contributed by atoms with Crippen molar-refractivity contribution in [1.82, 2.24) is 5.32 Å². The lowest BCUT2D eigenvalue weighted by Gasteiger charge is -2.29. The molecule has 0 bridgehead atoms. The third-order valence-electron chi connectivity index (χ3n) is 3.45. The fraction of sp³-hybridized carbons (Fsp3) is 0.250. The molecule has 0 aliphatic carbocycles. The third-order valence-corrected chi connectivity index (χ3v) is 3.45. The minimum absolute atomic E-state index is 0.105. The second kappa shape index (κ2) is 6.93. The van der Waals surface area contributed by atoms with Gasteiger partial charge in [0, 0.05) is 24.2 Å². The number of nitrogens with two attached hydrogens (primary N) is 1. The van der Waals surface area contributed by atoms with Gasteiger partial charge in [0.1, 0.15) is 11.6 Å². The first-order chi connectivity index (χ1) is 10.5. The van der Waals surface area contributed by atoms with Crippen molar-refractivity contribution in [3.05, 3.63) is 71.3 Å². The SMILES string of the molecule is NCC(O)(NCC(O)c1ccccc1F)c1cccc(F)c1. The minimum Gasteiger partial charge on any atom is -0.387 e. The van der Waals surface area contributed by atoms with Crippen LogP contribution >= 0.6 is 0 Å². The number of hydrogen-bond donors (Lipinski definition) is 4. The molecule has 2 aromatic carbocycles. The van der Waals surface area contributed by atoms with Gasteiger partial charge in [-0.3, -0.25) is 5.32 Å². The summed E-state index contributed by atoms with van der Waals surface area (Å²) >= 11 is 0. The Balaban J connectivity index is 2.12. The number of nitrogens with one attached hydrogen (secondary N) is 1. The van der Waals surface area contributed by atoms with Crippen molar-refractivity contribution < 1.29 is 19.0 Å². The second-order valence-corrected chi connectivity index (χ2v) is 4.99. The van der Waals surface area contributed by atoms with E-state index in [1.54, 1.807) is 6.07 Å². The highest BCUT2D eigenvalue weighted by Crippen LogP contribution is 2.21. The van der Waals surface area contributed by atoms with Crippen LogP contribution in [0.5, 0.6) is 0 Å². The maximum atomic E-state index is 13.6. The molecule has 2 aromatic rings. The molecule has 2 unspecified atom stereocenters. The molecule has 2 atom stereocenters. The monoisotopic (exact) mass is 308 g/mol. The zero-order chi connectivity index (χ0) is 16.2. The number of aliphatic hydroxyl groups excluding tert-OH is 1. The molecule has 0 heterocycles. The Labute approximate surface area is 127 Å². The van der Waals surface area contributed by atoms with E-state index in [0.717, 1.165) is 6.07 Å². The number of aliphatic hydroxyl groups is 2. The van der Waals surface area contributed by atoms with Crippen molar-refractivity contribution in [1.29, 1.82) is 0 Å². The Morgan fingerprint density at radius 1 is 1.14 bits per heavy atom.